The van der Waals surface area contributed by atoms with Crippen molar-refractivity contribution in [3.63, 3.8) is 0 Å². The first-order valence-electron chi connectivity index (χ1n) is 10.4. The van der Waals surface area contributed by atoms with Crippen LogP contribution < -0.4 is 0 Å². The molecule has 1 aliphatic heterocycles. The van der Waals surface area contributed by atoms with Gasteiger partial charge in [-0.25, -0.2) is 4.79 Å². The summed E-state index contributed by atoms with van der Waals surface area (Å²) in [5.41, 5.74) is 0.717. The zero-order valence-electron chi connectivity index (χ0n) is 17.5. The highest BCUT2D eigenvalue weighted by Crippen LogP contribution is 2.36. The predicted molar refractivity (Wildman–Crippen MR) is 107 cm³/mol. The van der Waals surface area contributed by atoms with Crippen LogP contribution in [0.1, 0.15) is 74.6 Å². The highest BCUT2D eigenvalue weighted by Gasteiger charge is 2.46. The molecule has 0 saturated heterocycles. The average Bonchev–Trinajstić information content (AvgIpc) is 2.87. The third-order valence-electron chi connectivity index (χ3n) is 6.21. The number of amides is 2. The predicted octanol–water partition coefficient (Wildman–Crippen LogP) is 4.31. The average molecular weight is 386 g/mol. The molecular formula is C23H31NO4. The van der Waals surface area contributed by atoms with Crippen molar-refractivity contribution in [1.29, 1.82) is 0 Å². The van der Waals surface area contributed by atoms with E-state index >= 15 is 0 Å². The summed E-state index contributed by atoms with van der Waals surface area (Å²) in [7, 11) is 0. The molecule has 0 bridgehead atoms. The lowest BCUT2D eigenvalue weighted by Crippen LogP contribution is -2.50. The van der Waals surface area contributed by atoms with Crippen LogP contribution >= 0.6 is 0 Å². The Morgan fingerprint density at radius 1 is 1.04 bits per heavy atom. The second-order valence-corrected chi connectivity index (χ2v) is 9.02. The van der Waals surface area contributed by atoms with Crippen molar-refractivity contribution in [2.24, 2.45) is 23.7 Å². The molecule has 1 saturated carbocycles. The first-order valence-corrected chi connectivity index (χ1v) is 10.4. The van der Waals surface area contributed by atoms with Gasteiger partial charge >= 0.3 is 5.97 Å². The van der Waals surface area contributed by atoms with Gasteiger partial charge in [-0.2, -0.15) is 0 Å². The molecule has 1 aromatic carbocycles. The molecule has 1 aliphatic carbocycles. The number of imide groups is 1. The van der Waals surface area contributed by atoms with Crippen molar-refractivity contribution in [2.75, 3.05) is 0 Å². The molecule has 4 unspecified atom stereocenters. The molecule has 1 fully saturated rings. The largest absolute Gasteiger partial charge is 0.461 e. The van der Waals surface area contributed by atoms with Crippen LogP contribution in [-0.4, -0.2) is 34.8 Å². The Bertz CT molecular complexity index is 735. The summed E-state index contributed by atoms with van der Waals surface area (Å²) < 4.78 is 5.98. The number of carbonyl (C=O) groups excluding carboxylic acids is 3. The molecule has 1 heterocycles. The summed E-state index contributed by atoms with van der Waals surface area (Å²) >= 11 is 0. The van der Waals surface area contributed by atoms with E-state index in [1.807, 2.05) is 13.8 Å². The summed E-state index contributed by atoms with van der Waals surface area (Å²) in [4.78, 5) is 40.0. The van der Waals surface area contributed by atoms with E-state index in [1.165, 1.54) is 0 Å². The normalized spacial score (nSPS) is 26.0. The Labute approximate surface area is 167 Å². The molecule has 1 aromatic rings. The van der Waals surface area contributed by atoms with Crippen LogP contribution in [0.5, 0.6) is 0 Å². The number of benzene rings is 1. The minimum Gasteiger partial charge on any atom is -0.461 e. The molecule has 2 amide bonds. The van der Waals surface area contributed by atoms with Gasteiger partial charge in [-0.05, 0) is 48.6 Å². The lowest BCUT2D eigenvalue weighted by molar-refractivity contribution is -0.162. The maximum absolute atomic E-state index is 13.2. The molecule has 4 atom stereocenters. The molecule has 0 radical (unpaired) electrons. The fourth-order valence-electron chi connectivity index (χ4n) is 4.61. The van der Waals surface area contributed by atoms with Crippen LogP contribution in [0.3, 0.4) is 0 Å². The number of hydrogen-bond donors (Lipinski definition) is 0. The van der Waals surface area contributed by atoms with E-state index in [-0.39, 0.29) is 12.0 Å². The van der Waals surface area contributed by atoms with Crippen LogP contribution in [0.25, 0.3) is 0 Å². The second kappa shape index (κ2) is 8.06. The van der Waals surface area contributed by atoms with Crippen molar-refractivity contribution < 1.29 is 19.1 Å². The minimum absolute atomic E-state index is 0.160. The first kappa shape index (κ1) is 20.6. The van der Waals surface area contributed by atoms with Gasteiger partial charge in [0.15, 0.2) is 0 Å². The van der Waals surface area contributed by atoms with Crippen LogP contribution in [0.4, 0.5) is 0 Å². The quantitative estimate of drug-likeness (QED) is 0.560. The topological polar surface area (TPSA) is 63.7 Å². The van der Waals surface area contributed by atoms with Crippen molar-refractivity contribution >= 4 is 17.8 Å². The SMILES string of the molecule is CC1CCC(C(C)C)C(OC(=O)C(C(C)C)N2C(=O)c3ccccc3C2=O)C1. The molecule has 2 aliphatic rings. The van der Waals surface area contributed by atoms with Gasteiger partial charge in [0.25, 0.3) is 11.8 Å². The molecule has 28 heavy (non-hydrogen) atoms. The van der Waals surface area contributed by atoms with E-state index in [0.717, 1.165) is 24.2 Å². The summed E-state index contributed by atoms with van der Waals surface area (Å²) in [6, 6.07) is 5.82. The Morgan fingerprint density at radius 3 is 2.11 bits per heavy atom. The third-order valence-corrected chi connectivity index (χ3v) is 6.21. The number of nitrogens with zero attached hydrogens (tertiary/aromatic N) is 1. The summed E-state index contributed by atoms with van der Waals surface area (Å²) in [6.45, 7) is 10.2. The van der Waals surface area contributed by atoms with E-state index in [4.69, 9.17) is 4.74 Å². The van der Waals surface area contributed by atoms with Gasteiger partial charge in [-0.1, -0.05) is 53.2 Å². The van der Waals surface area contributed by atoms with Crippen molar-refractivity contribution in [3.8, 4) is 0 Å². The molecule has 0 aromatic heterocycles. The fraction of sp³-hybridized carbons (Fsp3) is 0.609. The van der Waals surface area contributed by atoms with Crippen molar-refractivity contribution in [3.05, 3.63) is 35.4 Å². The van der Waals surface area contributed by atoms with Crippen LogP contribution in [-0.2, 0) is 9.53 Å². The van der Waals surface area contributed by atoms with E-state index in [2.05, 4.69) is 20.8 Å². The molecule has 3 rings (SSSR count). The zero-order valence-corrected chi connectivity index (χ0v) is 17.5. The standard InChI is InChI=1S/C23H31NO4/c1-13(2)16-11-10-15(5)12-19(16)28-23(27)20(14(3)4)24-21(25)17-8-6-7-9-18(17)22(24)26/h6-9,13-16,19-20H,10-12H2,1-5H3. The maximum atomic E-state index is 13.2. The number of esters is 1. The Kier molecular flexibility index (Phi) is 5.92. The zero-order chi connectivity index (χ0) is 20.6. The lowest BCUT2D eigenvalue weighted by Gasteiger charge is -2.38. The Balaban J connectivity index is 1.84. The summed E-state index contributed by atoms with van der Waals surface area (Å²) in [6.07, 6.45) is 2.85. The van der Waals surface area contributed by atoms with E-state index in [1.54, 1.807) is 24.3 Å². The minimum atomic E-state index is -0.905. The van der Waals surface area contributed by atoms with Gasteiger partial charge in [0.2, 0.25) is 0 Å². The monoisotopic (exact) mass is 385 g/mol. The molecular weight excluding hydrogens is 354 g/mol. The number of hydrogen-bond acceptors (Lipinski definition) is 4. The van der Waals surface area contributed by atoms with Gasteiger partial charge in [0.05, 0.1) is 11.1 Å². The van der Waals surface area contributed by atoms with Gasteiger partial charge in [0.1, 0.15) is 12.1 Å². The van der Waals surface area contributed by atoms with Crippen LogP contribution in [0.2, 0.25) is 0 Å². The summed E-state index contributed by atoms with van der Waals surface area (Å²) in [5, 5.41) is 0. The smallest absolute Gasteiger partial charge is 0.329 e. The number of ether oxygens (including phenoxy) is 1. The van der Waals surface area contributed by atoms with Gasteiger partial charge < -0.3 is 4.74 Å². The van der Waals surface area contributed by atoms with Gasteiger partial charge in [-0.15, -0.1) is 0 Å². The van der Waals surface area contributed by atoms with Crippen molar-refractivity contribution in [1.82, 2.24) is 4.90 Å². The molecule has 152 valence electrons. The lowest BCUT2D eigenvalue weighted by atomic mass is 9.75. The van der Waals surface area contributed by atoms with Crippen LogP contribution in [0, 0.1) is 23.7 Å². The van der Waals surface area contributed by atoms with Crippen molar-refractivity contribution in [2.45, 2.75) is 66.0 Å². The molecule has 0 spiro atoms. The third kappa shape index (κ3) is 3.71. The highest BCUT2D eigenvalue weighted by molar-refractivity contribution is 6.22. The highest BCUT2D eigenvalue weighted by atomic mass is 16.5. The van der Waals surface area contributed by atoms with E-state index in [9.17, 15) is 14.4 Å². The first-order chi connectivity index (χ1) is 13.2. The van der Waals surface area contributed by atoms with E-state index < -0.39 is 23.8 Å². The molecule has 0 N–H and O–H groups in total. The molecule has 5 nitrogen and oxygen atoms in total. The Morgan fingerprint density at radius 2 is 1.61 bits per heavy atom. The van der Waals surface area contributed by atoms with Crippen LogP contribution in [0.15, 0.2) is 24.3 Å². The van der Waals surface area contributed by atoms with Gasteiger partial charge in [0, 0.05) is 0 Å². The summed E-state index contributed by atoms with van der Waals surface area (Å²) in [5.74, 6) is -0.272. The molecule has 5 heteroatoms. The second-order valence-electron chi connectivity index (χ2n) is 9.02. The fourth-order valence-corrected chi connectivity index (χ4v) is 4.61. The van der Waals surface area contributed by atoms with Gasteiger partial charge in [-0.3, -0.25) is 14.5 Å². The van der Waals surface area contributed by atoms with E-state index in [0.29, 0.717) is 28.9 Å². The maximum Gasteiger partial charge on any atom is 0.329 e. The number of rotatable bonds is 5. The Hall–Kier alpha value is -2.17. The number of carbonyl (C=O) groups is 3. The number of fused-ring (bicyclic) bond motifs is 1.